The molecule has 0 aliphatic carbocycles. The van der Waals surface area contributed by atoms with Gasteiger partial charge in [0.15, 0.2) is 0 Å². The number of nitrogens with one attached hydrogen (secondary N) is 2. The molecule has 1 aromatic carbocycles. The Morgan fingerprint density at radius 2 is 2.17 bits per heavy atom. The van der Waals surface area contributed by atoms with Crippen molar-refractivity contribution in [3.05, 3.63) is 29.6 Å². The predicted octanol–water partition coefficient (Wildman–Crippen LogP) is -0.278. The van der Waals surface area contributed by atoms with Gasteiger partial charge in [-0.1, -0.05) is 6.07 Å². The molecule has 0 saturated heterocycles. The van der Waals surface area contributed by atoms with Crippen LogP contribution in [0.4, 0.5) is 4.39 Å². The summed E-state index contributed by atoms with van der Waals surface area (Å²) in [4.78, 5) is 10.4. The Hall–Kier alpha value is -1.98. The molecule has 0 aromatic heterocycles. The average molecular weight is 271 g/mol. The smallest absolute Gasteiger partial charge is 0.242 e. The number of halogens is 1. The summed E-state index contributed by atoms with van der Waals surface area (Å²) in [5.74, 6) is -1.48. The van der Waals surface area contributed by atoms with Crippen molar-refractivity contribution in [2.24, 2.45) is 0 Å². The van der Waals surface area contributed by atoms with Gasteiger partial charge in [-0.15, -0.1) is 0 Å². The average Bonchev–Trinajstić information content (AvgIpc) is 2.35. The Kier molecular flexibility index (Phi) is 4.36. The van der Waals surface area contributed by atoms with Gasteiger partial charge in [0, 0.05) is 7.05 Å². The quantitative estimate of drug-likeness (QED) is 0.786. The molecule has 0 fully saturated rings. The number of hydrogen-bond donors (Lipinski definition) is 2. The molecule has 0 aliphatic heterocycles. The van der Waals surface area contributed by atoms with E-state index in [0.717, 1.165) is 12.1 Å². The molecule has 1 rings (SSSR count). The molecular formula is C10H10FN3O3S. The summed E-state index contributed by atoms with van der Waals surface area (Å²) >= 11 is 0. The third-order valence-corrected chi connectivity index (χ3v) is 3.52. The van der Waals surface area contributed by atoms with E-state index in [4.69, 9.17) is 5.26 Å². The van der Waals surface area contributed by atoms with Crippen molar-refractivity contribution in [2.45, 2.75) is 4.90 Å². The van der Waals surface area contributed by atoms with Crippen molar-refractivity contribution in [2.75, 3.05) is 13.6 Å². The number of hydrogen-bond acceptors (Lipinski definition) is 4. The molecule has 0 aliphatic rings. The van der Waals surface area contributed by atoms with Crippen LogP contribution in [-0.2, 0) is 14.8 Å². The third-order valence-electron chi connectivity index (χ3n) is 2.08. The third kappa shape index (κ3) is 3.03. The first-order valence-corrected chi connectivity index (χ1v) is 6.29. The van der Waals surface area contributed by atoms with Crippen molar-refractivity contribution in [3.8, 4) is 6.07 Å². The van der Waals surface area contributed by atoms with Crippen molar-refractivity contribution in [1.82, 2.24) is 10.0 Å². The zero-order chi connectivity index (χ0) is 13.8. The predicted molar refractivity (Wildman–Crippen MR) is 60.4 cm³/mol. The summed E-state index contributed by atoms with van der Waals surface area (Å²) in [6, 6.07) is 4.72. The van der Waals surface area contributed by atoms with Crippen molar-refractivity contribution in [3.63, 3.8) is 0 Å². The SMILES string of the molecule is CNC(=O)CNS(=O)(=O)c1cccc(F)c1C#N. The standard InChI is InChI=1S/C10H10FN3O3S/c1-13-10(15)6-14-18(16,17)9-4-2-3-8(11)7(9)5-12/h2-4,14H,6H2,1H3,(H,13,15). The van der Waals surface area contributed by atoms with Crippen LogP contribution < -0.4 is 10.0 Å². The first-order chi connectivity index (χ1) is 8.42. The van der Waals surface area contributed by atoms with Gasteiger partial charge in [-0.05, 0) is 12.1 Å². The number of carbonyl (C=O) groups is 1. The normalized spacial score (nSPS) is 10.7. The van der Waals surface area contributed by atoms with E-state index in [1.54, 1.807) is 0 Å². The second-order valence-corrected chi connectivity index (χ2v) is 4.96. The summed E-state index contributed by atoms with van der Waals surface area (Å²) in [6.45, 7) is -0.486. The highest BCUT2D eigenvalue weighted by atomic mass is 32.2. The van der Waals surface area contributed by atoms with Crippen molar-refractivity contribution in [1.29, 1.82) is 5.26 Å². The first-order valence-electron chi connectivity index (χ1n) is 4.81. The topological polar surface area (TPSA) is 99.1 Å². The minimum Gasteiger partial charge on any atom is -0.358 e. The molecule has 0 unspecified atom stereocenters. The maximum absolute atomic E-state index is 13.3. The summed E-state index contributed by atoms with van der Waals surface area (Å²) in [7, 11) is -2.76. The van der Waals surface area contributed by atoms with Gasteiger partial charge in [0.05, 0.1) is 6.54 Å². The minimum atomic E-state index is -4.10. The van der Waals surface area contributed by atoms with E-state index in [9.17, 15) is 17.6 Å². The highest BCUT2D eigenvalue weighted by Gasteiger charge is 2.21. The minimum absolute atomic E-state index is 0.486. The second kappa shape index (κ2) is 5.57. The van der Waals surface area contributed by atoms with Gasteiger partial charge in [-0.3, -0.25) is 4.79 Å². The van der Waals surface area contributed by atoms with Gasteiger partial charge in [0.1, 0.15) is 22.3 Å². The molecule has 1 aromatic rings. The lowest BCUT2D eigenvalue weighted by Crippen LogP contribution is -2.35. The number of likely N-dealkylation sites (N-methyl/N-ethyl adjacent to an activating group) is 1. The Balaban J connectivity index is 3.10. The summed E-state index contributed by atoms with van der Waals surface area (Å²) < 4.78 is 38.8. The van der Waals surface area contributed by atoms with Crippen LogP contribution >= 0.6 is 0 Å². The molecule has 0 saturated carbocycles. The van der Waals surface area contributed by atoms with Crippen LogP contribution in [-0.4, -0.2) is 27.9 Å². The van der Waals surface area contributed by atoms with Crippen LogP contribution in [0.1, 0.15) is 5.56 Å². The Bertz CT molecular complexity index is 607. The molecule has 8 heteroatoms. The van der Waals surface area contributed by atoms with E-state index >= 15 is 0 Å². The van der Waals surface area contributed by atoms with Gasteiger partial charge in [-0.25, -0.2) is 17.5 Å². The monoisotopic (exact) mass is 271 g/mol. The van der Waals surface area contributed by atoms with E-state index < -0.39 is 38.8 Å². The second-order valence-electron chi connectivity index (χ2n) is 3.22. The Morgan fingerprint density at radius 1 is 1.50 bits per heavy atom. The highest BCUT2D eigenvalue weighted by Crippen LogP contribution is 2.17. The summed E-state index contributed by atoms with van der Waals surface area (Å²) in [6.07, 6.45) is 0. The zero-order valence-electron chi connectivity index (χ0n) is 9.40. The lowest BCUT2D eigenvalue weighted by atomic mass is 10.2. The number of carbonyl (C=O) groups excluding carboxylic acids is 1. The summed E-state index contributed by atoms with van der Waals surface area (Å²) in [5, 5.41) is 10.9. The van der Waals surface area contributed by atoms with E-state index in [0.29, 0.717) is 0 Å². The molecule has 0 spiro atoms. The number of nitrogens with zero attached hydrogens (tertiary/aromatic N) is 1. The largest absolute Gasteiger partial charge is 0.358 e. The van der Waals surface area contributed by atoms with E-state index in [1.807, 2.05) is 4.72 Å². The van der Waals surface area contributed by atoms with E-state index in [2.05, 4.69) is 5.32 Å². The van der Waals surface area contributed by atoms with Crippen LogP contribution in [0, 0.1) is 17.1 Å². The number of nitriles is 1. The number of benzene rings is 1. The maximum atomic E-state index is 13.3. The van der Waals surface area contributed by atoms with Gasteiger partial charge in [0.25, 0.3) is 0 Å². The fraction of sp³-hybridized carbons (Fsp3) is 0.200. The molecule has 0 heterocycles. The molecule has 0 radical (unpaired) electrons. The van der Waals surface area contributed by atoms with Crippen LogP contribution in [0.2, 0.25) is 0 Å². The lowest BCUT2D eigenvalue weighted by Gasteiger charge is -2.07. The molecule has 6 nitrogen and oxygen atoms in total. The van der Waals surface area contributed by atoms with Gasteiger partial charge in [-0.2, -0.15) is 5.26 Å². The van der Waals surface area contributed by atoms with Gasteiger partial charge < -0.3 is 5.32 Å². The van der Waals surface area contributed by atoms with Gasteiger partial charge in [0.2, 0.25) is 15.9 Å². The zero-order valence-corrected chi connectivity index (χ0v) is 10.2. The van der Waals surface area contributed by atoms with Crippen molar-refractivity contribution < 1.29 is 17.6 Å². The van der Waals surface area contributed by atoms with Crippen LogP contribution in [0.15, 0.2) is 23.1 Å². The molecule has 0 bridgehead atoms. The molecule has 0 atom stereocenters. The molecule has 96 valence electrons. The number of sulfonamides is 1. The molecule has 1 amide bonds. The van der Waals surface area contributed by atoms with Crippen molar-refractivity contribution >= 4 is 15.9 Å². The maximum Gasteiger partial charge on any atom is 0.242 e. The molecular weight excluding hydrogens is 261 g/mol. The lowest BCUT2D eigenvalue weighted by molar-refractivity contribution is -0.119. The first kappa shape index (κ1) is 14.1. The fourth-order valence-corrected chi connectivity index (χ4v) is 2.31. The Morgan fingerprint density at radius 3 is 2.72 bits per heavy atom. The highest BCUT2D eigenvalue weighted by molar-refractivity contribution is 7.89. The van der Waals surface area contributed by atoms with Crippen LogP contribution in [0.5, 0.6) is 0 Å². The summed E-state index contributed by atoms with van der Waals surface area (Å²) in [5.41, 5.74) is -0.582. The molecule has 18 heavy (non-hydrogen) atoms. The van der Waals surface area contributed by atoms with E-state index in [1.165, 1.54) is 19.2 Å². The molecule has 2 N–H and O–H groups in total. The fourth-order valence-electron chi connectivity index (χ4n) is 1.16. The van der Waals surface area contributed by atoms with Crippen LogP contribution in [0.3, 0.4) is 0 Å². The van der Waals surface area contributed by atoms with E-state index in [-0.39, 0.29) is 0 Å². The number of amides is 1. The number of rotatable bonds is 4. The van der Waals surface area contributed by atoms with Crippen LogP contribution in [0.25, 0.3) is 0 Å². The Labute approximate surface area is 103 Å². The van der Waals surface area contributed by atoms with Gasteiger partial charge >= 0.3 is 0 Å².